The van der Waals surface area contributed by atoms with E-state index in [1.165, 1.54) is 6.07 Å². The number of methoxy groups -OCH3 is 1. The summed E-state index contributed by atoms with van der Waals surface area (Å²) in [6.45, 7) is 1.67. The van der Waals surface area contributed by atoms with E-state index in [0.29, 0.717) is 9.26 Å². The Morgan fingerprint density at radius 2 is 2.11 bits per heavy atom. The van der Waals surface area contributed by atoms with Crippen LogP contribution in [0.4, 0.5) is 13.2 Å². The molecule has 0 aliphatic rings. The summed E-state index contributed by atoms with van der Waals surface area (Å²) in [4.78, 5) is 14.8. The zero-order chi connectivity index (χ0) is 13.9. The fourth-order valence-corrected chi connectivity index (χ4v) is 1.56. The van der Waals surface area contributed by atoms with Gasteiger partial charge in [0.25, 0.3) is 0 Å². The lowest BCUT2D eigenvalue weighted by Crippen LogP contribution is -2.20. The first-order valence-electron chi connectivity index (χ1n) is 4.71. The predicted molar refractivity (Wildman–Crippen MR) is 64.1 cm³/mol. The van der Waals surface area contributed by atoms with Crippen molar-refractivity contribution in [1.29, 1.82) is 0 Å². The van der Waals surface area contributed by atoms with Crippen LogP contribution in [0.15, 0.2) is 6.07 Å². The van der Waals surface area contributed by atoms with Gasteiger partial charge in [0.2, 0.25) is 5.88 Å². The minimum Gasteiger partial charge on any atom is -0.469 e. The first-order valence-corrected chi connectivity index (χ1v) is 5.79. The molecule has 0 unspecified atom stereocenters. The quantitative estimate of drug-likeness (QED) is 0.463. The minimum atomic E-state index is -4.85. The molecule has 1 aromatic heterocycles. The smallest absolute Gasteiger partial charge is 0.469 e. The Morgan fingerprint density at radius 1 is 1.50 bits per heavy atom. The van der Waals surface area contributed by atoms with E-state index >= 15 is 0 Å². The molecule has 0 aliphatic heterocycles. The maximum absolute atomic E-state index is 12.2. The summed E-state index contributed by atoms with van der Waals surface area (Å²) in [6, 6.07) is 1.42. The third kappa shape index (κ3) is 4.31. The molecule has 18 heavy (non-hydrogen) atoms. The molecule has 1 aromatic rings. The molecule has 0 spiro atoms. The van der Waals surface area contributed by atoms with Crippen molar-refractivity contribution in [3.05, 3.63) is 20.9 Å². The van der Waals surface area contributed by atoms with E-state index in [4.69, 9.17) is 0 Å². The van der Waals surface area contributed by atoms with Gasteiger partial charge in [-0.2, -0.15) is 0 Å². The number of ether oxygens (including phenoxy) is 2. The molecular formula is C10H9F3INO3. The highest BCUT2D eigenvalue weighted by atomic mass is 127. The molecule has 0 aliphatic carbocycles. The molecule has 1 rings (SSSR count). The van der Waals surface area contributed by atoms with Crippen molar-refractivity contribution in [3.63, 3.8) is 0 Å². The van der Waals surface area contributed by atoms with E-state index in [1.807, 2.05) is 0 Å². The van der Waals surface area contributed by atoms with E-state index < -0.39 is 18.2 Å². The summed E-state index contributed by atoms with van der Waals surface area (Å²) in [5, 5.41) is 0. The second-order valence-electron chi connectivity index (χ2n) is 3.36. The van der Waals surface area contributed by atoms with Crippen LogP contribution in [0.5, 0.6) is 5.88 Å². The Hall–Kier alpha value is -1.06. The van der Waals surface area contributed by atoms with Crippen LogP contribution in [0.25, 0.3) is 0 Å². The van der Waals surface area contributed by atoms with Gasteiger partial charge in [-0.25, -0.2) is 4.98 Å². The van der Waals surface area contributed by atoms with Crippen LogP contribution in [0.3, 0.4) is 0 Å². The molecular weight excluding hydrogens is 366 g/mol. The number of halogens is 4. The number of nitrogens with zero attached hydrogens (tertiary/aromatic N) is 1. The maximum atomic E-state index is 12.2. The average molecular weight is 375 g/mol. The lowest BCUT2D eigenvalue weighted by Gasteiger charge is -2.13. The first kappa shape index (κ1) is 15.0. The number of hydrogen-bond acceptors (Lipinski definition) is 4. The van der Waals surface area contributed by atoms with Crippen LogP contribution < -0.4 is 4.74 Å². The molecule has 0 saturated heterocycles. The molecule has 0 fully saturated rings. The van der Waals surface area contributed by atoms with Gasteiger partial charge in [-0.05, 0) is 41.1 Å². The number of carbonyl (C=O) groups excluding carboxylic acids is 1. The second kappa shape index (κ2) is 5.72. The lowest BCUT2D eigenvalue weighted by atomic mass is 10.1. The summed E-state index contributed by atoms with van der Waals surface area (Å²) in [6.07, 6.45) is -5.18. The molecule has 0 radical (unpaired) electrons. The number of aryl methyl sites for hydroxylation is 1. The predicted octanol–water partition coefficient (Wildman–Crippen LogP) is 2.61. The Balaban J connectivity index is 3.12. The number of hydrogen-bond donors (Lipinski definition) is 0. The summed E-state index contributed by atoms with van der Waals surface area (Å²) < 4.78 is 45.1. The molecule has 1 heterocycles. The summed E-state index contributed by atoms with van der Waals surface area (Å²) >= 11 is 1.79. The summed E-state index contributed by atoms with van der Waals surface area (Å²) in [5.41, 5.74) is 0.695. The number of esters is 1. The highest BCUT2D eigenvalue weighted by Crippen LogP contribution is 2.27. The Kier molecular flexibility index (Phi) is 4.77. The standard InChI is InChI=1S/C10H9F3INO3/c1-5-3-6(4-7(16)17-2)9(15-8(5)14)18-10(11,12)13/h3H,4H2,1-2H3. The maximum Gasteiger partial charge on any atom is 0.574 e. The van der Waals surface area contributed by atoms with Gasteiger partial charge >= 0.3 is 12.3 Å². The Morgan fingerprint density at radius 3 is 2.61 bits per heavy atom. The van der Waals surface area contributed by atoms with Crippen LogP contribution in [0.1, 0.15) is 11.1 Å². The molecule has 4 nitrogen and oxygen atoms in total. The van der Waals surface area contributed by atoms with E-state index in [2.05, 4.69) is 14.5 Å². The van der Waals surface area contributed by atoms with Gasteiger partial charge in [0.15, 0.2) is 0 Å². The zero-order valence-corrected chi connectivity index (χ0v) is 11.6. The molecule has 0 amide bonds. The van der Waals surface area contributed by atoms with Crippen molar-refractivity contribution in [2.24, 2.45) is 0 Å². The van der Waals surface area contributed by atoms with Crippen molar-refractivity contribution in [2.75, 3.05) is 7.11 Å². The number of alkyl halides is 3. The number of aromatic nitrogens is 1. The summed E-state index contributed by atoms with van der Waals surface area (Å²) in [7, 11) is 1.15. The fourth-order valence-electron chi connectivity index (χ4n) is 1.18. The van der Waals surface area contributed by atoms with E-state index in [-0.39, 0.29) is 12.0 Å². The van der Waals surface area contributed by atoms with E-state index in [1.54, 1.807) is 29.5 Å². The molecule has 0 bridgehead atoms. The number of carbonyl (C=O) groups is 1. The van der Waals surface area contributed by atoms with Crippen LogP contribution in [-0.2, 0) is 16.0 Å². The second-order valence-corrected chi connectivity index (χ2v) is 4.38. The van der Waals surface area contributed by atoms with Gasteiger partial charge < -0.3 is 9.47 Å². The van der Waals surface area contributed by atoms with Crippen LogP contribution in [-0.4, -0.2) is 24.4 Å². The van der Waals surface area contributed by atoms with Crippen molar-refractivity contribution >= 4 is 28.6 Å². The molecule has 0 aromatic carbocycles. The Labute approximate surface area is 115 Å². The molecule has 100 valence electrons. The molecule has 8 heteroatoms. The monoisotopic (exact) mass is 375 g/mol. The molecule has 0 atom stereocenters. The fraction of sp³-hybridized carbons (Fsp3) is 0.400. The van der Waals surface area contributed by atoms with Gasteiger partial charge in [0.1, 0.15) is 3.70 Å². The third-order valence-electron chi connectivity index (χ3n) is 1.97. The van der Waals surface area contributed by atoms with Gasteiger partial charge in [-0.3, -0.25) is 4.79 Å². The van der Waals surface area contributed by atoms with Gasteiger partial charge in [0.05, 0.1) is 13.5 Å². The highest BCUT2D eigenvalue weighted by Gasteiger charge is 2.33. The highest BCUT2D eigenvalue weighted by molar-refractivity contribution is 14.1. The average Bonchev–Trinajstić information content (AvgIpc) is 2.23. The van der Waals surface area contributed by atoms with Crippen LogP contribution in [0.2, 0.25) is 0 Å². The van der Waals surface area contributed by atoms with Gasteiger partial charge in [0, 0.05) is 5.56 Å². The number of rotatable bonds is 3. The van der Waals surface area contributed by atoms with E-state index in [0.717, 1.165) is 7.11 Å². The van der Waals surface area contributed by atoms with Crippen LogP contribution >= 0.6 is 22.6 Å². The topological polar surface area (TPSA) is 48.4 Å². The van der Waals surface area contributed by atoms with Gasteiger partial charge in [-0.1, -0.05) is 0 Å². The van der Waals surface area contributed by atoms with Crippen molar-refractivity contribution in [1.82, 2.24) is 4.98 Å². The van der Waals surface area contributed by atoms with Crippen molar-refractivity contribution in [2.45, 2.75) is 19.7 Å². The molecule has 0 saturated carbocycles. The Bertz CT molecular complexity index is 462. The van der Waals surface area contributed by atoms with Crippen LogP contribution in [0, 0.1) is 10.6 Å². The third-order valence-corrected chi connectivity index (χ3v) is 3.06. The minimum absolute atomic E-state index is 0.0390. The molecule has 0 N–H and O–H groups in total. The normalized spacial score (nSPS) is 11.2. The lowest BCUT2D eigenvalue weighted by molar-refractivity contribution is -0.276. The van der Waals surface area contributed by atoms with Crippen molar-refractivity contribution in [3.8, 4) is 5.88 Å². The summed E-state index contributed by atoms with van der Waals surface area (Å²) in [5.74, 6) is -1.28. The van der Waals surface area contributed by atoms with Gasteiger partial charge in [-0.15, -0.1) is 13.2 Å². The zero-order valence-electron chi connectivity index (χ0n) is 9.47. The first-order chi connectivity index (χ1) is 8.23. The SMILES string of the molecule is COC(=O)Cc1cc(C)c(I)nc1OC(F)(F)F. The van der Waals surface area contributed by atoms with Crippen molar-refractivity contribution < 1.29 is 27.4 Å². The van der Waals surface area contributed by atoms with E-state index in [9.17, 15) is 18.0 Å². The number of pyridine rings is 1. The largest absolute Gasteiger partial charge is 0.574 e.